The molecule has 2 heterocycles. The predicted octanol–water partition coefficient (Wildman–Crippen LogP) is 0.652. The number of nitrogens with zero attached hydrogens (tertiary/aromatic N) is 3. The number of nitriles is 1. The van der Waals surface area contributed by atoms with Crippen molar-refractivity contribution in [3.8, 4) is 6.07 Å². The summed E-state index contributed by atoms with van der Waals surface area (Å²) in [7, 11) is 0. The van der Waals surface area contributed by atoms with Crippen LogP contribution in [0.3, 0.4) is 0 Å². The monoisotopic (exact) mass is 204 g/mol. The minimum Gasteiger partial charge on any atom is -0.382 e. The molecule has 1 aliphatic rings. The predicted molar refractivity (Wildman–Crippen MR) is 53.8 cm³/mol. The lowest BCUT2D eigenvalue weighted by Gasteiger charge is -2.07. The van der Waals surface area contributed by atoms with Gasteiger partial charge in [0.2, 0.25) is 0 Å². The van der Waals surface area contributed by atoms with Gasteiger partial charge in [-0.25, -0.2) is 9.97 Å². The van der Waals surface area contributed by atoms with Gasteiger partial charge in [0.05, 0.1) is 12.3 Å². The van der Waals surface area contributed by atoms with E-state index >= 15 is 0 Å². The molecular formula is C10H12N4O. The maximum atomic E-state index is 8.66. The fraction of sp³-hybridized carbons (Fsp3) is 0.500. The van der Waals surface area contributed by atoms with Crippen LogP contribution in [0, 0.1) is 11.3 Å². The van der Waals surface area contributed by atoms with Crippen molar-refractivity contribution >= 4 is 5.82 Å². The van der Waals surface area contributed by atoms with Gasteiger partial charge in [0.15, 0.2) is 0 Å². The zero-order valence-corrected chi connectivity index (χ0v) is 8.31. The second-order valence-electron chi connectivity index (χ2n) is 3.54. The molecule has 0 aliphatic carbocycles. The summed E-state index contributed by atoms with van der Waals surface area (Å²) in [5.41, 5.74) is 5.92. The Kier molecular flexibility index (Phi) is 2.79. The molecule has 1 aromatic heterocycles. The minimum atomic E-state index is 0.206. The fourth-order valence-corrected chi connectivity index (χ4v) is 1.63. The Hall–Kier alpha value is -1.67. The van der Waals surface area contributed by atoms with Crippen molar-refractivity contribution in [1.82, 2.24) is 9.97 Å². The van der Waals surface area contributed by atoms with Crippen molar-refractivity contribution < 1.29 is 4.74 Å². The minimum absolute atomic E-state index is 0.206. The van der Waals surface area contributed by atoms with Crippen molar-refractivity contribution in [1.29, 1.82) is 5.26 Å². The molecule has 2 N–H and O–H groups in total. The summed E-state index contributed by atoms with van der Waals surface area (Å²) in [5, 5.41) is 8.66. The second kappa shape index (κ2) is 4.24. The standard InChI is InChI=1S/C10H12N4O/c11-5-7-6-13-9(14-10(7)12)4-8-2-1-3-15-8/h6,8H,1-4H2,(H2,12,13,14). The molecule has 0 aromatic carbocycles. The van der Waals surface area contributed by atoms with Crippen LogP contribution in [0.2, 0.25) is 0 Å². The lowest BCUT2D eigenvalue weighted by molar-refractivity contribution is 0.110. The van der Waals surface area contributed by atoms with E-state index < -0.39 is 0 Å². The highest BCUT2D eigenvalue weighted by atomic mass is 16.5. The number of hydrogen-bond donors (Lipinski definition) is 1. The molecule has 1 aromatic rings. The van der Waals surface area contributed by atoms with Gasteiger partial charge in [-0.3, -0.25) is 0 Å². The van der Waals surface area contributed by atoms with Crippen LogP contribution in [-0.2, 0) is 11.2 Å². The van der Waals surface area contributed by atoms with Crippen molar-refractivity contribution in [3.05, 3.63) is 17.6 Å². The summed E-state index contributed by atoms with van der Waals surface area (Å²) in [4.78, 5) is 8.15. The Morgan fingerprint density at radius 3 is 3.13 bits per heavy atom. The number of nitrogens with two attached hydrogens (primary N) is 1. The average Bonchev–Trinajstić information content (AvgIpc) is 2.71. The van der Waals surface area contributed by atoms with Crippen molar-refractivity contribution in [3.63, 3.8) is 0 Å². The zero-order valence-electron chi connectivity index (χ0n) is 8.31. The van der Waals surface area contributed by atoms with E-state index in [0.29, 0.717) is 17.8 Å². The average molecular weight is 204 g/mol. The molecule has 1 aliphatic heterocycles. The van der Waals surface area contributed by atoms with Crippen molar-refractivity contribution in [2.24, 2.45) is 0 Å². The first-order chi connectivity index (χ1) is 7.29. The highest BCUT2D eigenvalue weighted by Crippen LogP contribution is 2.16. The van der Waals surface area contributed by atoms with Crippen molar-refractivity contribution in [2.45, 2.75) is 25.4 Å². The fourth-order valence-electron chi connectivity index (χ4n) is 1.63. The van der Waals surface area contributed by atoms with Crippen LogP contribution in [-0.4, -0.2) is 22.7 Å². The number of nitrogen functional groups attached to an aromatic ring is 1. The first-order valence-corrected chi connectivity index (χ1v) is 4.92. The Morgan fingerprint density at radius 1 is 1.67 bits per heavy atom. The molecule has 0 radical (unpaired) electrons. The van der Waals surface area contributed by atoms with Crippen LogP contribution in [0.5, 0.6) is 0 Å². The smallest absolute Gasteiger partial charge is 0.145 e. The highest BCUT2D eigenvalue weighted by molar-refractivity contribution is 5.46. The highest BCUT2D eigenvalue weighted by Gasteiger charge is 2.17. The van der Waals surface area contributed by atoms with Crippen LogP contribution in [0.1, 0.15) is 24.2 Å². The molecule has 5 heteroatoms. The lowest BCUT2D eigenvalue weighted by Crippen LogP contribution is -2.12. The summed E-state index contributed by atoms with van der Waals surface area (Å²) in [5.74, 6) is 0.902. The number of aromatic nitrogens is 2. The van der Waals surface area contributed by atoms with E-state index in [1.807, 2.05) is 6.07 Å². The number of rotatable bonds is 2. The van der Waals surface area contributed by atoms with Gasteiger partial charge in [0, 0.05) is 13.0 Å². The van der Waals surface area contributed by atoms with E-state index in [1.165, 1.54) is 6.20 Å². The van der Waals surface area contributed by atoms with Gasteiger partial charge in [-0.15, -0.1) is 0 Å². The molecule has 0 amide bonds. The molecule has 5 nitrogen and oxygen atoms in total. The Balaban J connectivity index is 2.09. The molecule has 1 fully saturated rings. The summed E-state index contributed by atoms with van der Waals surface area (Å²) < 4.78 is 5.47. The lowest BCUT2D eigenvalue weighted by atomic mass is 10.2. The van der Waals surface area contributed by atoms with E-state index in [1.54, 1.807) is 0 Å². The number of anilines is 1. The Bertz CT molecular complexity index is 393. The van der Waals surface area contributed by atoms with Gasteiger partial charge in [-0.1, -0.05) is 0 Å². The van der Waals surface area contributed by atoms with Gasteiger partial charge < -0.3 is 10.5 Å². The summed E-state index contributed by atoms with van der Waals surface area (Å²) in [6.45, 7) is 0.816. The maximum Gasteiger partial charge on any atom is 0.145 e. The Morgan fingerprint density at radius 2 is 2.53 bits per heavy atom. The summed E-state index contributed by atoms with van der Waals surface area (Å²) >= 11 is 0. The molecule has 1 saturated heterocycles. The largest absolute Gasteiger partial charge is 0.382 e. The van der Waals surface area contributed by atoms with E-state index in [2.05, 4.69) is 9.97 Å². The number of ether oxygens (including phenoxy) is 1. The molecular weight excluding hydrogens is 192 g/mol. The normalized spacial score (nSPS) is 20.1. The molecule has 15 heavy (non-hydrogen) atoms. The number of hydrogen-bond acceptors (Lipinski definition) is 5. The first-order valence-electron chi connectivity index (χ1n) is 4.92. The van der Waals surface area contributed by atoms with Crippen LogP contribution < -0.4 is 5.73 Å². The van der Waals surface area contributed by atoms with Crippen LogP contribution >= 0.6 is 0 Å². The van der Waals surface area contributed by atoms with Crippen molar-refractivity contribution in [2.75, 3.05) is 12.3 Å². The Labute approximate surface area is 87.9 Å². The third-order valence-corrected chi connectivity index (χ3v) is 2.42. The third kappa shape index (κ3) is 2.22. The molecule has 0 bridgehead atoms. The van der Waals surface area contributed by atoms with E-state index in [4.69, 9.17) is 15.7 Å². The molecule has 0 saturated carbocycles. The molecule has 0 spiro atoms. The van der Waals surface area contributed by atoms with Gasteiger partial charge >= 0.3 is 0 Å². The topological polar surface area (TPSA) is 84.8 Å². The van der Waals surface area contributed by atoms with E-state index in [-0.39, 0.29) is 11.9 Å². The zero-order chi connectivity index (χ0) is 10.7. The summed E-state index contributed by atoms with van der Waals surface area (Å²) in [6.07, 6.45) is 4.49. The second-order valence-corrected chi connectivity index (χ2v) is 3.54. The van der Waals surface area contributed by atoms with Crippen LogP contribution in [0.4, 0.5) is 5.82 Å². The van der Waals surface area contributed by atoms with Gasteiger partial charge in [0.25, 0.3) is 0 Å². The van der Waals surface area contributed by atoms with Gasteiger partial charge in [-0.05, 0) is 12.8 Å². The SMILES string of the molecule is N#Cc1cnc(CC2CCCO2)nc1N. The molecule has 78 valence electrons. The molecule has 1 unspecified atom stereocenters. The third-order valence-electron chi connectivity index (χ3n) is 2.42. The van der Waals surface area contributed by atoms with Crippen LogP contribution in [0.25, 0.3) is 0 Å². The molecule has 2 rings (SSSR count). The first kappa shape index (κ1) is 9.87. The van der Waals surface area contributed by atoms with E-state index in [0.717, 1.165) is 19.4 Å². The van der Waals surface area contributed by atoms with Crippen LogP contribution in [0.15, 0.2) is 6.20 Å². The van der Waals surface area contributed by atoms with Gasteiger partial charge in [0.1, 0.15) is 23.3 Å². The summed E-state index contributed by atoms with van der Waals surface area (Å²) in [6, 6.07) is 1.93. The quantitative estimate of drug-likeness (QED) is 0.764. The van der Waals surface area contributed by atoms with E-state index in [9.17, 15) is 0 Å². The maximum absolute atomic E-state index is 8.66. The van der Waals surface area contributed by atoms with Gasteiger partial charge in [-0.2, -0.15) is 5.26 Å². The molecule has 1 atom stereocenters.